The Labute approximate surface area is 192 Å². The highest BCUT2D eigenvalue weighted by Crippen LogP contribution is 2.40. The molecule has 0 bridgehead atoms. The third kappa shape index (κ3) is 5.24. The zero-order chi connectivity index (χ0) is 23.3. The van der Waals surface area contributed by atoms with Crippen LogP contribution in [0.1, 0.15) is 6.92 Å². The smallest absolute Gasteiger partial charge is 0.412 e. The van der Waals surface area contributed by atoms with Gasteiger partial charge in [-0.2, -0.15) is 10.4 Å². The van der Waals surface area contributed by atoms with Gasteiger partial charge in [-0.25, -0.2) is 9.59 Å². The molecule has 1 aromatic heterocycles. The van der Waals surface area contributed by atoms with Crippen molar-refractivity contribution in [2.75, 3.05) is 11.6 Å². The van der Waals surface area contributed by atoms with Crippen LogP contribution >= 0.6 is 23.2 Å². The summed E-state index contributed by atoms with van der Waals surface area (Å²) in [6.45, 7) is 1.95. The summed E-state index contributed by atoms with van der Waals surface area (Å²) in [5.74, 6) is -0.552. The molecule has 0 saturated heterocycles. The molecule has 32 heavy (non-hydrogen) atoms. The summed E-state index contributed by atoms with van der Waals surface area (Å²) in [6.07, 6.45) is 0.348. The maximum atomic E-state index is 11.8. The van der Waals surface area contributed by atoms with E-state index in [2.05, 4.69) is 14.8 Å². The van der Waals surface area contributed by atoms with E-state index >= 15 is 0 Å². The lowest BCUT2D eigenvalue weighted by Crippen LogP contribution is -2.27. The Morgan fingerprint density at radius 2 is 1.94 bits per heavy atom. The maximum absolute atomic E-state index is 11.8. The van der Waals surface area contributed by atoms with E-state index in [0.717, 1.165) is 10.9 Å². The van der Waals surface area contributed by atoms with Gasteiger partial charge in [0.05, 0.1) is 21.2 Å². The molecule has 2 N–H and O–H groups in total. The number of aromatic nitrogens is 1. The van der Waals surface area contributed by atoms with Crippen LogP contribution in [0.4, 0.5) is 10.5 Å². The lowest BCUT2D eigenvalue weighted by atomic mass is 10.2. The van der Waals surface area contributed by atoms with E-state index < -0.39 is 17.8 Å². The van der Waals surface area contributed by atoms with Crippen LogP contribution in [-0.4, -0.2) is 29.3 Å². The van der Waals surface area contributed by atoms with E-state index in [4.69, 9.17) is 38.9 Å². The predicted molar refractivity (Wildman–Crippen MR) is 120 cm³/mol. The van der Waals surface area contributed by atoms with Crippen molar-refractivity contribution in [1.82, 2.24) is 4.98 Å². The van der Waals surface area contributed by atoms with Gasteiger partial charge in [0.25, 0.3) is 0 Å². The number of amides is 1. The summed E-state index contributed by atoms with van der Waals surface area (Å²) in [7, 11) is 0. The minimum Gasteiger partial charge on any atom is -0.454 e. The van der Waals surface area contributed by atoms with Crippen molar-refractivity contribution in [3.05, 3.63) is 58.7 Å². The molecule has 3 rings (SSSR count). The number of esters is 1. The fourth-order valence-electron chi connectivity index (χ4n) is 2.71. The summed E-state index contributed by atoms with van der Waals surface area (Å²) in [6, 6.07) is 13.6. The number of benzene rings is 2. The van der Waals surface area contributed by atoms with Gasteiger partial charge < -0.3 is 15.2 Å². The van der Waals surface area contributed by atoms with Crippen molar-refractivity contribution >= 4 is 57.6 Å². The number of primary amides is 1. The van der Waals surface area contributed by atoms with Gasteiger partial charge in [-0.05, 0) is 43.3 Å². The van der Waals surface area contributed by atoms with E-state index in [9.17, 15) is 9.59 Å². The quantitative estimate of drug-likeness (QED) is 0.239. The van der Waals surface area contributed by atoms with Gasteiger partial charge in [-0.15, -0.1) is 0 Å². The molecule has 0 aliphatic heterocycles. The monoisotopic (exact) mass is 471 g/mol. The Kier molecular flexibility index (Phi) is 7.10. The molecule has 2 aromatic carbocycles. The number of hydrogen-bond donors (Lipinski definition) is 1. The van der Waals surface area contributed by atoms with Crippen molar-refractivity contribution in [2.45, 2.75) is 6.92 Å². The summed E-state index contributed by atoms with van der Waals surface area (Å²) in [4.78, 5) is 26.8. The lowest BCUT2D eigenvalue weighted by molar-refractivity contribution is -0.129. The number of anilines is 1. The average Bonchev–Trinajstić information content (AvgIpc) is 2.76. The second-order valence-corrected chi connectivity index (χ2v) is 7.00. The van der Waals surface area contributed by atoms with Crippen LogP contribution < -0.4 is 15.5 Å². The number of halogens is 2. The zero-order valence-electron chi connectivity index (χ0n) is 16.6. The summed E-state index contributed by atoms with van der Waals surface area (Å²) >= 11 is 12.8. The zero-order valence-corrected chi connectivity index (χ0v) is 18.1. The van der Waals surface area contributed by atoms with E-state index in [1.165, 1.54) is 17.1 Å². The lowest BCUT2D eigenvalue weighted by Gasteiger charge is -2.19. The van der Waals surface area contributed by atoms with Gasteiger partial charge in [0, 0.05) is 18.1 Å². The van der Waals surface area contributed by atoms with Crippen molar-refractivity contribution in [3.63, 3.8) is 0 Å². The Hall–Kier alpha value is -3.87. The first-order valence-corrected chi connectivity index (χ1v) is 9.87. The molecule has 9 nitrogen and oxygen atoms in total. The molecule has 1 heterocycles. The van der Waals surface area contributed by atoms with Gasteiger partial charge in [0.15, 0.2) is 5.75 Å². The number of carbonyl (C=O) groups is 2. The normalized spacial score (nSPS) is 11.0. The highest BCUT2D eigenvalue weighted by molar-refractivity contribution is 6.44. The largest absolute Gasteiger partial charge is 0.454 e. The van der Waals surface area contributed by atoms with Gasteiger partial charge >= 0.3 is 12.1 Å². The molecule has 0 radical (unpaired) electrons. The van der Waals surface area contributed by atoms with Gasteiger partial charge in [-0.1, -0.05) is 29.3 Å². The van der Waals surface area contributed by atoms with Crippen LogP contribution in [0.25, 0.3) is 10.9 Å². The number of nitrogens with two attached hydrogens (primary N) is 1. The van der Waals surface area contributed by atoms with Crippen LogP contribution in [0, 0.1) is 11.3 Å². The minimum atomic E-state index is -1.35. The predicted octanol–water partition coefficient (Wildman–Crippen LogP) is 4.66. The topological polar surface area (TPSA) is 131 Å². The Bertz CT molecular complexity index is 1250. The first-order valence-electron chi connectivity index (χ1n) is 9.12. The van der Waals surface area contributed by atoms with Crippen molar-refractivity contribution in [2.24, 2.45) is 10.8 Å². The first-order chi connectivity index (χ1) is 15.3. The van der Waals surface area contributed by atoms with Crippen LogP contribution in [0.5, 0.6) is 11.5 Å². The SMILES string of the molecule is CCN(N=C(C#N)C(=O)OC(N)=O)c1cc(Cl)c(Oc2ccc3ncccc3c2)c(Cl)c1. The number of hydrogen-bond acceptors (Lipinski definition) is 8. The van der Waals surface area contributed by atoms with Crippen molar-refractivity contribution < 1.29 is 19.1 Å². The summed E-state index contributed by atoms with van der Waals surface area (Å²) in [5, 5.41) is 15.6. The fraction of sp³-hybridized carbons (Fsp3) is 0.0952. The van der Waals surface area contributed by atoms with E-state index in [1.807, 2.05) is 18.2 Å². The Morgan fingerprint density at radius 3 is 2.56 bits per heavy atom. The Balaban J connectivity index is 1.90. The molecule has 0 fully saturated rings. The molecule has 0 atom stereocenters. The third-order valence-electron chi connectivity index (χ3n) is 4.09. The number of fused-ring (bicyclic) bond motifs is 1. The number of ether oxygens (including phenoxy) is 2. The van der Waals surface area contributed by atoms with Crippen LogP contribution in [0.2, 0.25) is 10.0 Å². The van der Waals surface area contributed by atoms with Crippen LogP contribution in [0.3, 0.4) is 0 Å². The third-order valence-corrected chi connectivity index (χ3v) is 4.65. The first kappa shape index (κ1) is 22.8. The molecule has 0 unspecified atom stereocenters. The molecule has 0 aliphatic carbocycles. The number of nitriles is 1. The van der Waals surface area contributed by atoms with Crippen LogP contribution in [0.15, 0.2) is 53.8 Å². The second kappa shape index (κ2) is 9.96. The highest BCUT2D eigenvalue weighted by atomic mass is 35.5. The number of rotatable bonds is 6. The van der Waals surface area contributed by atoms with E-state index in [1.54, 1.807) is 31.3 Å². The standard InChI is InChI=1S/C21H15Cl2N5O4/c1-2-28(27-18(11-24)20(29)32-21(25)30)13-9-15(22)19(16(23)10-13)31-14-5-6-17-12(8-14)4-3-7-26-17/h3-10H,2H2,1H3,(H2,25,30). The highest BCUT2D eigenvalue weighted by Gasteiger charge is 2.19. The Morgan fingerprint density at radius 1 is 1.22 bits per heavy atom. The molecular formula is C21H15Cl2N5O4. The molecule has 0 saturated carbocycles. The van der Waals surface area contributed by atoms with Crippen LogP contribution in [-0.2, 0) is 9.53 Å². The fourth-order valence-corrected chi connectivity index (χ4v) is 3.26. The average molecular weight is 472 g/mol. The molecule has 0 aliphatic rings. The van der Waals surface area contributed by atoms with Gasteiger partial charge in [-0.3, -0.25) is 9.99 Å². The van der Waals surface area contributed by atoms with Crippen molar-refractivity contribution in [3.8, 4) is 17.6 Å². The summed E-state index contributed by atoms with van der Waals surface area (Å²) in [5.41, 5.74) is 5.30. The molecular weight excluding hydrogens is 457 g/mol. The van der Waals surface area contributed by atoms with E-state index in [0.29, 0.717) is 11.4 Å². The molecule has 11 heteroatoms. The molecule has 0 spiro atoms. The summed E-state index contributed by atoms with van der Waals surface area (Å²) < 4.78 is 10.1. The minimum absolute atomic E-state index is 0.172. The second-order valence-electron chi connectivity index (χ2n) is 6.18. The molecule has 162 valence electrons. The molecule has 3 aromatic rings. The number of carbonyl (C=O) groups excluding carboxylic acids is 2. The van der Waals surface area contributed by atoms with Gasteiger partial charge in [0.1, 0.15) is 11.8 Å². The number of hydrazone groups is 1. The van der Waals surface area contributed by atoms with Crippen molar-refractivity contribution in [1.29, 1.82) is 5.26 Å². The van der Waals surface area contributed by atoms with Gasteiger partial charge in [0.2, 0.25) is 5.71 Å². The number of nitrogens with zero attached hydrogens (tertiary/aromatic N) is 4. The van der Waals surface area contributed by atoms with E-state index in [-0.39, 0.29) is 22.3 Å². The number of pyridine rings is 1. The molecule has 1 amide bonds. The maximum Gasteiger partial charge on any atom is 0.412 e.